The molecular formula is C37H52N4O10S2. The summed E-state index contributed by atoms with van der Waals surface area (Å²) in [5.74, 6) is -0.977. The number of epoxide rings is 1. The molecular weight excluding hydrogens is 725 g/mol. The number of aliphatic hydroxyl groups is 1. The number of aliphatic hydroxyl groups excluding tert-OH is 1. The Kier molecular flexibility index (Phi) is 15.8. The molecule has 3 aliphatic rings. The van der Waals surface area contributed by atoms with E-state index in [2.05, 4.69) is 28.7 Å². The van der Waals surface area contributed by atoms with Crippen molar-refractivity contribution in [1.82, 2.24) is 20.7 Å². The van der Waals surface area contributed by atoms with Crippen LogP contribution in [0.4, 0.5) is 4.79 Å². The van der Waals surface area contributed by atoms with Crippen LogP contribution in [0, 0.1) is 5.92 Å². The first-order valence-corrected chi connectivity index (χ1v) is 20.1. The summed E-state index contributed by atoms with van der Waals surface area (Å²) in [5, 5.41) is 25.0. The molecule has 16 heteroatoms. The standard InChI is InChI=1S/C37H52N4O10S2/c1-7-34(53-52-32-10-8-9-17-38-32)41(40-36(46)47)33(44)19-27-20-37(21-48-37)35(45)30(51-27)15-12-22(2)11-14-29-23(3)18-28(25(5)50-29)39-31(43)16-13-24(4)49-26(6)42/h8-13,15-17,23-25,27-30,34-35,40,45H,7,14,18-21H2,1-6H3,(H,39,43)(H,46,47)/b15-12+,16-13-,22-11+/t23-,24-,25+,27+,28+,29-,30+,34?,35+,37+/m0/s1. The fourth-order valence-electron chi connectivity index (χ4n) is 6.37. The lowest BCUT2D eigenvalue weighted by Crippen LogP contribution is -2.54. The number of nitrogens with one attached hydrogen (secondary N) is 2. The molecule has 0 aliphatic carbocycles. The second-order valence-corrected chi connectivity index (χ2v) is 16.1. The number of amides is 3. The number of hydrogen-bond acceptors (Lipinski definition) is 12. The van der Waals surface area contributed by atoms with Crippen molar-refractivity contribution < 1.29 is 48.3 Å². The smallest absolute Gasteiger partial charge is 0.423 e. The first kappa shape index (κ1) is 42.3. The third kappa shape index (κ3) is 12.9. The van der Waals surface area contributed by atoms with Crippen molar-refractivity contribution in [3.63, 3.8) is 0 Å². The number of carbonyl (C=O) groups excluding carboxylic acids is 3. The molecule has 14 nitrogen and oxygen atoms in total. The van der Waals surface area contributed by atoms with Gasteiger partial charge in [-0.05, 0) is 75.0 Å². The lowest BCUT2D eigenvalue weighted by atomic mass is 9.87. The van der Waals surface area contributed by atoms with Crippen LogP contribution in [0.2, 0.25) is 0 Å². The van der Waals surface area contributed by atoms with Crippen LogP contribution in [0.1, 0.15) is 73.6 Å². The Bertz CT molecular complexity index is 1510. The topological polar surface area (TPSA) is 189 Å². The predicted octanol–water partition coefficient (Wildman–Crippen LogP) is 4.95. The van der Waals surface area contributed by atoms with Gasteiger partial charge in [-0.15, -0.1) is 0 Å². The molecule has 3 saturated heterocycles. The monoisotopic (exact) mass is 776 g/mol. The molecule has 1 spiro atoms. The van der Waals surface area contributed by atoms with E-state index in [1.165, 1.54) is 40.7 Å². The summed E-state index contributed by atoms with van der Waals surface area (Å²) < 4.78 is 23.3. The Labute approximate surface area is 318 Å². The maximum atomic E-state index is 13.6. The van der Waals surface area contributed by atoms with Gasteiger partial charge in [-0.25, -0.2) is 20.2 Å². The van der Waals surface area contributed by atoms with E-state index in [1.807, 2.05) is 39.0 Å². The number of nitrogens with zero attached hydrogens (tertiary/aromatic N) is 2. The fourth-order valence-corrected chi connectivity index (χ4v) is 8.80. The highest BCUT2D eigenvalue weighted by Crippen LogP contribution is 2.44. The second-order valence-electron chi connectivity index (χ2n) is 13.7. The molecule has 0 radical (unpaired) electrons. The number of carbonyl (C=O) groups is 4. The highest BCUT2D eigenvalue weighted by atomic mass is 33.1. The third-order valence-electron chi connectivity index (χ3n) is 9.33. The van der Waals surface area contributed by atoms with Gasteiger partial charge in [-0.3, -0.25) is 14.4 Å². The number of ether oxygens (including phenoxy) is 4. The van der Waals surface area contributed by atoms with Gasteiger partial charge < -0.3 is 34.5 Å². The Morgan fingerprint density at radius 1 is 1.19 bits per heavy atom. The highest BCUT2D eigenvalue weighted by Gasteiger charge is 2.58. The summed E-state index contributed by atoms with van der Waals surface area (Å²) >= 11 is 0. The molecule has 4 N–H and O–H groups in total. The number of esters is 1. The zero-order chi connectivity index (χ0) is 38.7. The quantitative estimate of drug-likeness (QED) is 0.0357. The summed E-state index contributed by atoms with van der Waals surface area (Å²) in [7, 11) is 2.68. The molecule has 10 atom stereocenters. The van der Waals surface area contributed by atoms with E-state index in [4.69, 9.17) is 18.9 Å². The van der Waals surface area contributed by atoms with Crippen LogP contribution in [-0.2, 0) is 33.3 Å². The van der Waals surface area contributed by atoms with Gasteiger partial charge in [-0.2, -0.15) is 0 Å². The van der Waals surface area contributed by atoms with Crippen LogP contribution in [0.5, 0.6) is 0 Å². The fraction of sp³-hybridized carbons (Fsp3) is 0.595. The zero-order valence-corrected chi connectivity index (χ0v) is 32.6. The van der Waals surface area contributed by atoms with Crippen molar-refractivity contribution >= 4 is 45.5 Å². The molecule has 1 aromatic rings. The number of aromatic nitrogens is 1. The summed E-state index contributed by atoms with van der Waals surface area (Å²) in [4.78, 5) is 53.1. The van der Waals surface area contributed by atoms with Crippen molar-refractivity contribution in [2.45, 2.75) is 132 Å². The molecule has 0 aromatic carbocycles. The van der Waals surface area contributed by atoms with Gasteiger partial charge in [0.05, 0.1) is 37.4 Å². The number of carboxylic acid groups (broad SMARTS) is 1. The van der Waals surface area contributed by atoms with Gasteiger partial charge >= 0.3 is 12.1 Å². The summed E-state index contributed by atoms with van der Waals surface area (Å²) in [6.07, 6.45) is 7.89. The van der Waals surface area contributed by atoms with E-state index in [1.54, 1.807) is 25.3 Å². The largest absolute Gasteiger partial charge is 0.464 e. The maximum absolute atomic E-state index is 13.6. The van der Waals surface area contributed by atoms with Crippen molar-refractivity contribution in [1.29, 1.82) is 0 Å². The van der Waals surface area contributed by atoms with Crippen molar-refractivity contribution in [3.8, 4) is 0 Å². The van der Waals surface area contributed by atoms with E-state index in [-0.39, 0.29) is 36.5 Å². The molecule has 53 heavy (non-hydrogen) atoms. The number of pyridine rings is 1. The molecule has 4 rings (SSSR count). The number of allylic oxidation sites excluding steroid dienone is 2. The Morgan fingerprint density at radius 2 is 1.94 bits per heavy atom. The molecule has 0 saturated carbocycles. The van der Waals surface area contributed by atoms with Gasteiger partial charge in [0.1, 0.15) is 34.3 Å². The van der Waals surface area contributed by atoms with Gasteiger partial charge in [-0.1, -0.05) is 54.5 Å². The zero-order valence-electron chi connectivity index (χ0n) is 31.0. The Hall–Kier alpha value is -3.41. The molecule has 1 aromatic heterocycles. The summed E-state index contributed by atoms with van der Waals surface area (Å²) in [6, 6.07) is 5.33. The van der Waals surface area contributed by atoms with E-state index >= 15 is 0 Å². The number of hydrogen-bond donors (Lipinski definition) is 4. The van der Waals surface area contributed by atoms with Crippen molar-refractivity contribution in [2.75, 3.05) is 6.61 Å². The van der Waals surface area contributed by atoms with Crippen molar-refractivity contribution in [2.24, 2.45) is 5.92 Å². The number of rotatable bonds is 15. The van der Waals surface area contributed by atoms with E-state index < -0.39 is 53.4 Å². The van der Waals surface area contributed by atoms with E-state index in [0.29, 0.717) is 25.9 Å². The van der Waals surface area contributed by atoms with Crippen LogP contribution >= 0.6 is 21.6 Å². The molecule has 0 bridgehead atoms. The SMILES string of the molecule is CCC(SSc1ccccn1)N(NC(=O)O)C(=O)C[C@@H]1C[C@@]2(CO2)[C@H](O)[C@@H](/C=C/C(C)=C/C[C@@H]2O[C@H](C)[C@H](NC(=O)/C=C\[C@H](C)OC(C)=O)C[C@@H]2C)O1. The molecule has 4 heterocycles. The van der Waals surface area contributed by atoms with Gasteiger partial charge in [0.25, 0.3) is 0 Å². The predicted molar refractivity (Wildman–Crippen MR) is 200 cm³/mol. The summed E-state index contributed by atoms with van der Waals surface area (Å²) in [5.41, 5.74) is 2.38. The first-order valence-electron chi connectivity index (χ1n) is 17.9. The van der Waals surface area contributed by atoms with Gasteiger partial charge in [0.2, 0.25) is 11.8 Å². The van der Waals surface area contributed by atoms with Gasteiger partial charge in [0, 0.05) is 25.6 Å². The van der Waals surface area contributed by atoms with Crippen LogP contribution in [-0.4, -0.2) is 104 Å². The molecule has 3 amide bonds. The van der Waals surface area contributed by atoms with Crippen LogP contribution < -0.4 is 10.7 Å². The summed E-state index contributed by atoms with van der Waals surface area (Å²) in [6.45, 7) is 11.2. The van der Waals surface area contributed by atoms with Crippen LogP contribution in [0.3, 0.4) is 0 Å². The minimum atomic E-state index is -1.35. The first-order chi connectivity index (χ1) is 25.2. The van der Waals surface area contributed by atoms with Gasteiger partial charge in [0.15, 0.2) is 0 Å². The minimum Gasteiger partial charge on any atom is -0.464 e. The molecule has 292 valence electrons. The van der Waals surface area contributed by atoms with Crippen LogP contribution in [0.15, 0.2) is 65.4 Å². The van der Waals surface area contributed by atoms with Crippen LogP contribution in [0.25, 0.3) is 0 Å². The molecule has 1 unspecified atom stereocenters. The highest BCUT2D eigenvalue weighted by molar-refractivity contribution is 8.76. The third-order valence-corrected chi connectivity index (χ3v) is 12.1. The molecule has 3 aliphatic heterocycles. The normalized spacial score (nSPS) is 29.8. The number of hydrazine groups is 1. The molecule has 3 fully saturated rings. The Morgan fingerprint density at radius 3 is 2.58 bits per heavy atom. The average molecular weight is 777 g/mol. The second kappa shape index (κ2) is 19.8. The van der Waals surface area contributed by atoms with E-state index in [0.717, 1.165) is 22.0 Å². The Balaban J connectivity index is 1.32. The lowest BCUT2D eigenvalue weighted by molar-refractivity contribution is -0.153. The van der Waals surface area contributed by atoms with Crippen molar-refractivity contribution in [3.05, 3.63) is 60.3 Å². The lowest BCUT2D eigenvalue weighted by Gasteiger charge is -2.39. The average Bonchev–Trinajstić information content (AvgIpc) is 3.88. The minimum absolute atomic E-state index is 0.0640. The van der Waals surface area contributed by atoms with E-state index in [9.17, 15) is 29.4 Å². The maximum Gasteiger partial charge on any atom is 0.423 e.